The molecular weight excluding hydrogens is 286 g/mol. The second kappa shape index (κ2) is 6.17. The Kier molecular flexibility index (Phi) is 4.10. The summed E-state index contributed by atoms with van der Waals surface area (Å²) in [6.45, 7) is 2.26. The Bertz CT molecular complexity index is 631. The van der Waals surface area contributed by atoms with Gasteiger partial charge in [-0.3, -0.25) is 0 Å². The highest BCUT2D eigenvalue weighted by molar-refractivity contribution is 7.11. The van der Waals surface area contributed by atoms with Gasteiger partial charge in [-0.1, -0.05) is 0 Å². The summed E-state index contributed by atoms with van der Waals surface area (Å²) in [6.07, 6.45) is 6.22. The van der Waals surface area contributed by atoms with Crippen LogP contribution >= 0.6 is 11.3 Å². The standard InChI is InChI=1S/C14H17N5OS/c1-9-10(6-7-16-19-9)18-14(20)15-8-13-17-11-4-2-3-5-12(11)21-13/h6-7H,2-5,8H2,1H3,(H2,15,16,18,20). The van der Waals surface area contributed by atoms with E-state index in [9.17, 15) is 4.79 Å². The van der Waals surface area contributed by atoms with E-state index in [1.807, 2.05) is 0 Å². The average Bonchev–Trinajstić information content (AvgIpc) is 2.90. The third-order valence-electron chi connectivity index (χ3n) is 3.44. The van der Waals surface area contributed by atoms with Crippen LogP contribution in [0, 0.1) is 6.92 Å². The topological polar surface area (TPSA) is 79.8 Å². The van der Waals surface area contributed by atoms with E-state index in [2.05, 4.69) is 25.8 Å². The fraction of sp³-hybridized carbons (Fsp3) is 0.429. The van der Waals surface area contributed by atoms with Crippen molar-refractivity contribution in [3.63, 3.8) is 0 Å². The first-order valence-corrected chi connectivity index (χ1v) is 7.84. The van der Waals surface area contributed by atoms with E-state index in [0.29, 0.717) is 17.9 Å². The third kappa shape index (κ3) is 3.36. The molecule has 1 aliphatic carbocycles. The Morgan fingerprint density at radius 2 is 2.24 bits per heavy atom. The molecule has 2 amide bonds. The monoisotopic (exact) mass is 303 g/mol. The molecule has 0 bridgehead atoms. The summed E-state index contributed by atoms with van der Waals surface area (Å²) >= 11 is 1.71. The molecule has 0 spiro atoms. The summed E-state index contributed by atoms with van der Waals surface area (Å²) in [4.78, 5) is 17.9. The summed E-state index contributed by atoms with van der Waals surface area (Å²) in [5.41, 5.74) is 2.58. The molecule has 0 saturated carbocycles. The fourth-order valence-electron chi connectivity index (χ4n) is 2.34. The Labute approximate surface area is 127 Å². The molecule has 1 aliphatic rings. The zero-order chi connectivity index (χ0) is 14.7. The first-order chi connectivity index (χ1) is 10.2. The Hall–Kier alpha value is -2.02. The van der Waals surface area contributed by atoms with Crippen LogP contribution in [0.15, 0.2) is 12.3 Å². The molecule has 21 heavy (non-hydrogen) atoms. The number of nitrogens with one attached hydrogen (secondary N) is 2. The van der Waals surface area contributed by atoms with Gasteiger partial charge in [-0.25, -0.2) is 9.78 Å². The number of anilines is 1. The van der Waals surface area contributed by atoms with Crippen molar-refractivity contribution in [1.29, 1.82) is 0 Å². The second-order valence-electron chi connectivity index (χ2n) is 5.02. The van der Waals surface area contributed by atoms with Crippen LogP contribution in [-0.4, -0.2) is 21.2 Å². The number of urea groups is 1. The van der Waals surface area contributed by atoms with Crippen molar-refractivity contribution in [2.75, 3.05) is 5.32 Å². The van der Waals surface area contributed by atoms with Crippen molar-refractivity contribution in [2.45, 2.75) is 39.2 Å². The maximum atomic E-state index is 11.9. The summed E-state index contributed by atoms with van der Waals surface area (Å²) in [6, 6.07) is 1.48. The van der Waals surface area contributed by atoms with Crippen molar-refractivity contribution in [3.05, 3.63) is 33.5 Å². The van der Waals surface area contributed by atoms with Crippen LogP contribution in [0.4, 0.5) is 10.5 Å². The lowest BCUT2D eigenvalue weighted by atomic mass is 10.0. The van der Waals surface area contributed by atoms with Crippen molar-refractivity contribution >= 4 is 23.1 Å². The Balaban J connectivity index is 1.56. The van der Waals surface area contributed by atoms with Gasteiger partial charge in [-0.2, -0.15) is 10.2 Å². The zero-order valence-corrected chi connectivity index (χ0v) is 12.7. The number of amides is 2. The normalized spacial score (nSPS) is 13.6. The van der Waals surface area contributed by atoms with E-state index in [1.54, 1.807) is 30.5 Å². The molecule has 110 valence electrons. The first-order valence-electron chi connectivity index (χ1n) is 7.03. The summed E-state index contributed by atoms with van der Waals surface area (Å²) in [5.74, 6) is 0. The van der Waals surface area contributed by atoms with Crippen molar-refractivity contribution in [2.24, 2.45) is 0 Å². The summed E-state index contributed by atoms with van der Waals surface area (Å²) in [5, 5.41) is 14.2. The van der Waals surface area contributed by atoms with Gasteiger partial charge in [0.25, 0.3) is 0 Å². The number of aromatic nitrogens is 3. The number of nitrogens with zero attached hydrogens (tertiary/aromatic N) is 3. The second-order valence-corrected chi connectivity index (χ2v) is 6.19. The molecule has 0 saturated heterocycles. The first kappa shape index (κ1) is 13.9. The number of rotatable bonds is 3. The maximum absolute atomic E-state index is 11.9. The number of hydrogen-bond donors (Lipinski definition) is 2. The number of carbonyl (C=O) groups is 1. The van der Waals surface area contributed by atoms with Crippen molar-refractivity contribution in [3.8, 4) is 0 Å². The SMILES string of the molecule is Cc1nnccc1NC(=O)NCc1nc2c(s1)CCCC2. The molecule has 0 fully saturated rings. The van der Waals surface area contributed by atoms with Gasteiger partial charge in [0.15, 0.2) is 0 Å². The van der Waals surface area contributed by atoms with Gasteiger partial charge in [-0.15, -0.1) is 11.3 Å². The van der Waals surface area contributed by atoms with Crippen LogP contribution < -0.4 is 10.6 Å². The number of thiazole rings is 1. The van der Waals surface area contributed by atoms with Crippen LogP contribution in [0.25, 0.3) is 0 Å². The predicted octanol–water partition coefficient (Wildman–Crippen LogP) is 2.44. The molecule has 2 heterocycles. The molecule has 0 aliphatic heterocycles. The number of carbonyl (C=O) groups excluding carboxylic acids is 1. The lowest BCUT2D eigenvalue weighted by molar-refractivity contribution is 0.251. The highest BCUT2D eigenvalue weighted by Crippen LogP contribution is 2.26. The molecule has 3 rings (SSSR count). The van der Waals surface area contributed by atoms with Crippen molar-refractivity contribution < 1.29 is 4.79 Å². The number of hydrogen-bond acceptors (Lipinski definition) is 5. The van der Waals surface area contributed by atoms with E-state index in [-0.39, 0.29) is 6.03 Å². The van der Waals surface area contributed by atoms with Crippen molar-refractivity contribution in [1.82, 2.24) is 20.5 Å². The largest absolute Gasteiger partial charge is 0.331 e. The van der Waals surface area contributed by atoms with Crippen LogP contribution in [0.1, 0.15) is 34.1 Å². The quantitative estimate of drug-likeness (QED) is 0.912. The molecule has 0 atom stereocenters. The van der Waals surface area contributed by atoms with Crippen LogP contribution in [0.2, 0.25) is 0 Å². The molecule has 2 aromatic rings. The molecular formula is C14H17N5OS. The van der Waals surface area contributed by atoms with Gasteiger partial charge in [0.2, 0.25) is 0 Å². The van der Waals surface area contributed by atoms with Gasteiger partial charge in [-0.05, 0) is 38.7 Å². The van der Waals surface area contributed by atoms with E-state index in [1.165, 1.54) is 23.4 Å². The van der Waals surface area contributed by atoms with Gasteiger partial charge in [0.05, 0.1) is 29.8 Å². The fourth-order valence-corrected chi connectivity index (χ4v) is 3.43. The number of aryl methyl sites for hydroxylation is 3. The molecule has 2 aromatic heterocycles. The Morgan fingerprint density at radius 3 is 3.05 bits per heavy atom. The molecule has 0 aromatic carbocycles. The molecule has 0 unspecified atom stereocenters. The highest BCUT2D eigenvalue weighted by atomic mass is 32.1. The lowest BCUT2D eigenvalue weighted by Crippen LogP contribution is -2.28. The minimum absolute atomic E-state index is 0.251. The third-order valence-corrected chi connectivity index (χ3v) is 4.60. The average molecular weight is 303 g/mol. The Morgan fingerprint density at radius 1 is 1.38 bits per heavy atom. The molecule has 2 N–H and O–H groups in total. The number of fused-ring (bicyclic) bond motifs is 1. The predicted molar refractivity (Wildman–Crippen MR) is 81.4 cm³/mol. The molecule has 6 nitrogen and oxygen atoms in total. The summed E-state index contributed by atoms with van der Waals surface area (Å²) in [7, 11) is 0. The van der Waals surface area contributed by atoms with Crippen LogP contribution in [0.5, 0.6) is 0 Å². The van der Waals surface area contributed by atoms with Crippen LogP contribution in [-0.2, 0) is 19.4 Å². The summed E-state index contributed by atoms with van der Waals surface area (Å²) < 4.78 is 0. The van der Waals surface area contributed by atoms with E-state index in [4.69, 9.17) is 0 Å². The van der Waals surface area contributed by atoms with Gasteiger partial charge >= 0.3 is 6.03 Å². The molecule has 7 heteroatoms. The highest BCUT2D eigenvalue weighted by Gasteiger charge is 2.15. The smallest absolute Gasteiger partial charge is 0.319 e. The zero-order valence-electron chi connectivity index (χ0n) is 11.8. The van der Waals surface area contributed by atoms with E-state index < -0.39 is 0 Å². The maximum Gasteiger partial charge on any atom is 0.319 e. The van der Waals surface area contributed by atoms with Gasteiger partial charge < -0.3 is 10.6 Å². The van der Waals surface area contributed by atoms with Gasteiger partial charge in [0.1, 0.15) is 5.01 Å². The van der Waals surface area contributed by atoms with Crippen LogP contribution in [0.3, 0.4) is 0 Å². The van der Waals surface area contributed by atoms with E-state index >= 15 is 0 Å². The van der Waals surface area contributed by atoms with E-state index in [0.717, 1.165) is 17.8 Å². The lowest BCUT2D eigenvalue weighted by Gasteiger charge is -2.07. The minimum Gasteiger partial charge on any atom is -0.331 e. The molecule has 0 radical (unpaired) electrons. The van der Waals surface area contributed by atoms with Gasteiger partial charge in [0, 0.05) is 4.88 Å². The minimum atomic E-state index is -0.251.